The summed E-state index contributed by atoms with van der Waals surface area (Å²) in [5.74, 6) is -0.723. The third-order valence-corrected chi connectivity index (χ3v) is 8.18. The summed E-state index contributed by atoms with van der Waals surface area (Å²) in [6.45, 7) is 6.89. The summed E-state index contributed by atoms with van der Waals surface area (Å²) in [5.41, 5.74) is -0.470. The molecule has 2 aromatic carbocycles. The summed E-state index contributed by atoms with van der Waals surface area (Å²) in [7, 11) is 1.71. The summed E-state index contributed by atoms with van der Waals surface area (Å²) in [4.78, 5) is 45.1. The number of hydrogen-bond donors (Lipinski definition) is 3. The molecule has 3 aromatic rings. The molecule has 43 heavy (non-hydrogen) atoms. The standard InChI is InChI=1S/C33H36FN3O6/c1-31(2,41)17-35-30(40)32(3)18-43-28-24(32)15-26(36-27(28)19-6-9-22(34)10-7-19)33(4,42)13-12-25(38)20-8-11-23-21(14-20)16-37(5)29(23)39/h6-11,14-15,41-42H,12-13,16-18H2,1-5H3,(H,35,40)/t32-,33-/m0/s1. The molecule has 0 fully saturated rings. The zero-order valence-corrected chi connectivity index (χ0v) is 25.0. The van der Waals surface area contributed by atoms with Gasteiger partial charge in [-0.1, -0.05) is 6.07 Å². The number of nitrogens with one attached hydrogen (secondary N) is 1. The third-order valence-electron chi connectivity index (χ3n) is 8.18. The van der Waals surface area contributed by atoms with Crippen molar-refractivity contribution in [3.05, 3.63) is 82.3 Å². The topological polar surface area (TPSA) is 129 Å². The molecule has 0 saturated heterocycles. The number of carbonyl (C=O) groups excluding carboxylic acids is 3. The normalized spacial score (nSPS) is 19.0. The van der Waals surface area contributed by atoms with Crippen LogP contribution < -0.4 is 10.1 Å². The van der Waals surface area contributed by atoms with E-state index in [1.165, 1.54) is 12.1 Å². The molecule has 0 spiro atoms. The van der Waals surface area contributed by atoms with Crippen LogP contribution in [0, 0.1) is 5.82 Å². The van der Waals surface area contributed by atoms with Crippen molar-refractivity contribution in [3.8, 4) is 17.0 Å². The number of ketones is 1. The second-order valence-electron chi connectivity index (χ2n) is 12.6. The van der Waals surface area contributed by atoms with Crippen LogP contribution in [0.5, 0.6) is 5.75 Å². The van der Waals surface area contributed by atoms with Gasteiger partial charge in [-0.3, -0.25) is 14.4 Å². The van der Waals surface area contributed by atoms with Crippen LogP contribution in [0.4, 0.5) is 4.39 Å². The van der Waals surface area contributed by atoms with E-state index in [1.54, 1.807) is 76.0 Å². The number of rotatable bonds is 9. The van der Waals surface area contributed by atoms with Crippen LogP contribution in [0.25, 0.3) is 11.3 Å². The number of Topliss-reactive ketones (excluding diaryl/α,β-unsaturated/α-hetero) is 1. The molecule has 5 rings (SSSR count). The van der Waals surface area contributed by atoms with Crippen molar-refractivity contribution in [3.63, 3.8) is 0 Å². The zero-order chi connectivity index (χ0) is 31.3. The van der Waals surface area contributed by atoms with E-state index in [4.69, 9.17) is 9.72 Å². The van der Waals surface area contributed by atoms with Crippen LogP contribution in [0.1, 0.15) is 78.1 Å². The van der Waals surface area contributed by atoms with Gasteiger partial charge in [-0.15, -0.1) is 0 Å². The Bertz CT molecular complexity index is 1610. The Kier molecular flexibility index (Phi) is 7.64. The van der Waals surface area contributed by atoms with Crippen LogP contribution in [0.2, 0.25) is 0 Å². The molecule has 3 N–H and O–H groups in total. The average Bonchev–Trinajstić information content (AvgIpc) is 3.45. The lowest BCUT2D eigenvalue weighted by molar-refractivity contribution is -0.127. The van der Waals surface area contributed by atoms with Gasteiger partial charge in [-0.25, -0.2) is 9.37 Å². The number of fused-ring (bicyclic) bond motifs is 2. The largest absolute Gasteiger partial charge is 0.489 e. The lowest BCUT2D eigenvalue weighted by atomic mass is 9.81. The first kappa shape index (κ1) is 30.3. The summed E-state index contributed by atoms with van der Waals surface area (Å²) in [6, 6.07) is 12.3. The van der Waals surface area contributed by atoms with Gasteiger partial charge < -0.3 is 25.2 Å². The number of carbonyl (C=O) groups is 3. The molecular weight excluding hydrogens is 553 g/mol. The van der Waals surface area contributed by atoms with Gasteiger partial charge in [0.15, 0.2) is 5.78 Å². The lowest BCUT2D eigenvalue weighted by Crippen LogP contribution is -2.48. The van der Waals surface area contributed by atoms with Crippen molar-refractivity contribution in [1.82, 2.24) is 15.2 Å². The molecule has 0 unspecified atom stereocenters. The Morgan fingerprint density at radius 2 is 1.81 bits per heavy atom. The van der Waals surface area contributed by atoms with E-state index in [1.807, 2.05) is 0 Å². The fourth-order valence-corrected chi connectivity index (χ4v) is 5.41. The van der Waals surface area contributed by atoms with Gasteiger partial charge in [-0.05, 0) is 82.1 Å². The number of aliphatic hydroxyl groups is 2. The maximum absolute atomic E-state index is 13.8. The molecule has 0 saturated carbocycles. The first-order chi connectivity index (χ1) is 20.1. The molecule has 9 nitrogen and oxygen atoms in total. The van der Waals surface area contributed by atoms with Crippen molar-refractivity contribution < 1.29 is 33.7 Å². The molecule has 3 heterocycles. The number of ether oxygens (including phenoxy) is 1. The second-order valence-corrected chi connectivity index (χ2v) is 12.6. The summed E-state index contributed by atoms with van der Waals surface area (Å²) in [6.07, 6.45) is 0.0267. The molecule has 2 aliphatic rings. The minimum absolute atomic E-state index is 0.0000549. The van der Waals surface area contributed by atoms with Gasteiger partial charge in [-0.2, -0.15) is 0 Å². The van der Waals surface area contributed by atoms with E-state index in [0.717, 1.165) is 5.56 Å². The SMILES string of the molecule is CN1Cc2cc(C(=O)CC[C@](C)(O)c3cc4c(c(-c5ccc(F)cc5)n3)OC[C@]4(C)C(=O)NCC(C)(C)O)ccc2C1=O. The molecule has 0 radical (unpaired) electrons. The first-order valence-electron chi connectivity index (χ1n) is 14.2. The first-order valence-corrected chi connectivity index (χ1v) is 14.2. The number of pyridine rings is 1. The van der Waals surface area contributed by atoms with E-state index in [9.17, 15) is 29.0 Å². The Morgan fingerprint density at radius 3 is 2.49 bits per heavy atom. The Morgan fingerprint density at radius 1 is 1.12 bits per heavy atom. The molecule has 0 bridgehead atoms. The highest BCUT2D eigenvalue weighted by molar-refractivity contribution is 6.01. The number of hydrogen-bond acceptors (Lipinski definition) is 7. The minimum atomic E-state index is -1.58. The van der Waals surface area contributed by atoms with Gasteiger partial charge in [0.1, 0.15) is 34.9 Å². The fourth-order valence-electron chi connectivity index (χ4n) is 5.41. The molecular formula is C33H36FN3O6. The van der Waals surface area contributed by atoms with Gasteiger partial charge in [0, 0.05) is 48.8 Å². The van der Waals surface area contributed by atoms with Gasteiger partial charge in [0.05, 0.1) is 11.3 Å². The van der Waals surface area contributed by atoms with Gasteiger partial charge in [0.2, 0.25) is 5.91 Å². The van der Waals surface area contributed by atoms with Crippen LogP contribution in [-0.2, 0) is 22.4 Å². The smallest absolute Gasteiger partial charge is 0.254 e. The predicted molar refractivity (Wildman–Crippen MR) is 157 cm³/mol. The van der Waals surface area contributed by atoms with Crippen molar-refractivity contribution in [2.24, 2.45) is 0 Å². The number of benzene rings is 2. The summed E-state index contributed by atoms with van der Waals surface area (Å²) < 4.78 is 19.8. The predicted octanol–water partition coefficient (Wildman–Crippen LogP) is 3.88. The molecule has 226 valence electrons. The zero-order valence-electron chi connectivity index (χ0n) is 25.0. The molecule has 2 atom stereocenters. The van der Waals surface area contributed by atoms with Crippen molar-refractivity contribution in [2.45, 2.75) is 63.7 Å². The third kappa shape index (κ3) is 5.89. The highest BCUT2D eigenvalue weighted by Gasteiger charge is 2.46. The Hall–Kier alpha value is -4.15. The number of amides is 2. The fraction of sp³-hybridized carbons (Fsp3) is 0.394. The summed E-state index contributed by atoms with van der Waals surface area (Å²) in [5, 5.41) is 24.6. The number of aromatic nitrogens is 1. The Balaban J connectivity index is 1.46. The highest BCUT2D eigenvalue weighted by Crippen LogP contribution is 2.46. The maximum Gasteiger partial charge on any atom is 0.254 e. The molecule has 0 aliphatic carbocycles. The minimum Gasteiger partial charge on any atom is -0.489 e. The molecule has 10 heteroatoms. The van der Waals surface area contributed by atoms with Crippen molar-refractivity contribution in [2.75, 3.05) is 20.2 Å². The molecule has 1 aromatic heterocycles. The van der Waals surface area contributed by atoms with E-state index in [2.05, 4.69) is 5.32 Å². The van der Waals surface area contributed by atoms with Gasteiger partial charge in [0.25, 0.3) is 5.91 Å². The van der Waals surface area contributed by atoms with E-state index < -0.39 is 22.4 Å². The average molecular weight is 590 g/mol. The number of halogens is 1. The molecule has 2 amide bonds. The summed E-state index contributed by atoms with van der Waals surface area (Å²) >= 11 is 0. The van der Waals surface area contributed by atoms with Crippen LogP contribution >= 0.6 is 0 Å². The molecule has 2 aliphatic heterocycles. The van der Waals surface area contributed by atoms with Gasteiger partial charge >= 0.3 is 0 Å². The van der Waals surface area contributed by atoms with Crippen molar-refractivity contribution in [1.29, 1.82) is 0 Å². The van der Waals surface area contributed by atoms with Crippen LogP contribution in [0.3, 0.4) is 0 Å². The van der Waals surface area contributed by atoms with Crippen LogP contribution in [-0.4, -0.2) is 63.5 Å². The van der Waals surface area contributed by atoms with Crippen LogP contribution in [0.15, 0.2) is 48.5 Å². The monoisotopic (exact) mass is 589 g/mol. The Labute approximate surface area is 249 Å². The quantitative estimate of drug-likeness (QED) is 0.323. The van der Waals surface area contributed by atoms with E-state index in [-0.39, 0.29) is 49.3 Å². The highest BCUT2D eigenvalue weighted by atomic mass is 19.1. The van der Waals surface area contributed by atoms with E-state index in [0.29, 0.717) is 40.2 Å². The van der Waals surface area contributed by atoms with E-state index >= 15 is 0 Å². The van der Waals surface area contributed by atoms with Crippen molar-refractivity contribution >= 4 is 17.6 Å². The number of nitrogens with zero attached hydrogens (tertiary/aromatic N) is 2. The maximum atomic E-state index is 13.8. The lowest BCUT2D eigenvalue weighted by Gasteiger charge is -2.27. The second kappa shape index (κ2) is 10.8.